The van der Waals surface area contributed by atoms with Gasteiger partial charge in [-0.3, -0.25) is 14.2 Å². The molecule has 32 heavy (non-hydrogen) atoms. The average molecular weight is 456 g/mol. The van der Waals surface area contributed by atoms with Crippen LogP contribution in [-0.2, 0) is 11.3 Å². The molecule has 0 aliphatic carbocycles. The van der Waals surface area contributed by atoms with Crippen LogP contribution >= 0.6 is 11.8 Å². The quantitative estimate of drug-likeness (QED) is 0.455. The summed E-state index contributed by atoms with van der Waals surface area (Å²) in [5.41, 5.74) is 1.15. The van der Waals surface area contributed by atoms with E-state index < -0.39 is 0 Å². The number of carbonyl (C=O) groups excluding carboxylic acids is 2. The number of rotatable bonds is 10. The molecule has 3 rings (SSSR count). The normalized spacial score (nSPS) is 11.0. The van der Waals surface area contributed by atoms with Gasteiger partial charge in [-0.25, -0.2) is 0 Å². The molecule has 0 radical (unpaired) electrons. The number of thioether (sulfide) groups is 1. The molecule has 1 aromatic carbocycles. The lowest BCUT2D eigenvalue weighted by atomic mass is 10.1. The second-order valence-corrected chi connectivity index (χ2v) is 8.63. The molecule has 2 aromatic heterocycles. The Morgan fingerprint density at radius 3 is 2.59 bits per heavy atom. The highest BCUT2D eigenvalue weighted by atomic mass is 32.2. The molecule has 1 N–H and O–H groups in total. The molecule has 0 atom stereocenters. The van der Waals surface area contributed by atoms with Gasteiger partial charge in [-0.2, -0.15) is 0 Å². The van der Waals surface area contributed by atoms with E-state index in [1.54, 1.807) is 35.4 Å². The van der Waals surface area contributed by atoms with Crippen molar-refractivity contribution >= 4 is 29.3 Å². The highest BCUT2D eigenvalue weighted by Gasteiger charge is 2.18. The van der Waals surface area contributed by atoms with Crippen LogP contribution in [0.5, 0.6) is 0 Å². The van der Waals surface area contributed by atoms with Gasteiger partial charge >= 0.3 is 0 Å². The second-order valence-electron chi connectivity index (χ2n) is 7.68. The van der Waals surface area contributed by atoms with E-state index in [4.69, 9.17) is 4.42 Å². The number of nitrogens with zero attached hydrogens (tertiary/aromatic N) is 4. The Labute approximate surface area is 192 Å². The summed E-state index contributed by atoms with van der Waals surface area (Å²) in [6, 6.07) is 10.7. The molecule has 8 nitrogen and oxygen atoms in total. The molecular weight excluding hydrogens is 426 g/mol. The number of furan rings is 1. The van der Waals surface area contributed by atoms with Crippen LogP contribution in [-0.4, -0.2) is 50.3 Å². The SMILES string of the molecule is CCN(CC)C(=O)c1cccc(NC(=O)CSc2nnc(-c3ccco3)n2CC(C)C)c1. The number of hydrogen-bond acceptors (Lipinski definition) is 6. The van der Waals surface area contributed by atoms with Crippen molar-refractivity contribution in [3.63, 3.8) is 0 Å². The molecule has 0 saturated carbocycles. The number of anilines is 1. The Kier molecular flexibility index (Phi) is 8.10. The number of benzene rings is 1. The third kappa shape index (κ3) is 5.79. The van der Waals surface area contributed by atoms with Crippen LogP contribution in [0.3, 0.4) is 0 Å². The Bertz CT molecular complexity index is 1040. The van der Waals surface area contributed by atoms with E-state index in [0.29, 0.717) is 53.5 Å². The fraction of sp³-hybridized carbons (Fsp3) is 0.391. The zero-order chi connectivity index (χ0) is 23.1. The third-order valence-electron chi connectivity index (χ3n) is 4.78. The minimum absolute atomic E-state index is 0.0484. The van der Waals surface area contributed by atoms with Gasteiger partial charge in [0.25, 0.3) is 5.91 Å². The highest BCUT2D eigenvalue weighted by Crippen LogP contribution is 2.25. The molecule has 0 bridgehead atoms. The fourth-order valence-corrected chi connectivity index (χ4v) is 4.01. The van der Waals surface area contributed by atoms with E-state index in [1.165, 1.54) is 11.8 Å². The van der Waals surface area contributed by atoms with Gasteiger partial charge in [0.15, 0.2) is 16.7 Å². The number of hydrogen-bond donors (Lipinski definition) is 1. The second kappa shape index (κ2) is 11.0. The molecule has 0 aliphatic rings. The van der Waals surface area contributed by atoms with Crippen LogP contribution in [0.25, 0.3) is 11.6 Å². The molecule has 0 spiro atoms. The van der Waals surface area contributed by atoms with Gasteiger partial charge in [-0.15, -0.1) is 10.2 Å². The predicted molar refractivity (Wildman–Crippen MR) is 126 cm³/mol. The third-order valence-corrected chi connectivity index (χ3v) is 5.75. The first-order valence-corrected chi connectivity index (χ1v) is 11.7. The van der Waals surface area contributed by atoms with Crippen LogP contribution < -0.4 is 5.32 Å². The maximum atomic E-state index is 12.6. The van der Waals surface area contributed by atoms with Crippen molar-refractivity contribution in [1.82, 2.24) is 19.7 Å². The van der Waals surface area contributed by atoms with Crippen molar-refractivity contribution in [2.45, 2.75) is 39.4 Å². The van der Waals surface area contributed by atoms with E-state index in [2.05, 4.69) is 29.4 Å². The zero-order valence-electron chi connectivity index (χ0n) is 18.9. The summed E-state index contributed by atoms with van der Waals surface area (Å²) in [7, 11) is 0. The minimum Gasteiger partial charge on any atom is -0.461 e. The molecular formula is C23H29N5O3S. The molecule has 170 valence electrons. The molecule has 0 aliphatic heterocycles. The van der Waals surface area contributed by atoms with E-state index in [0.717, 1.165) is 0 Å². The van der Waals surface area contributed by atoms with Crippen molar-refractivity contribution in [3.8, 4) is 11.6 Å². The summed E-state index contributed by atoms with van der Waals surface area (Å²) in [5, 5.41) is 12.1. The molecule has 0 fully saturated rings. The summed E-state index contributed by atoms with van der Waals surface area (Å²) in [5.74, 6) is 1.61. The Morgan fingerprint density at radius 2 is 1.94 bits per heavy atom. The average Bonchev–Trinajstić information content (AvgIpc) is 3.43. The first-order chi connectivity index (χ1) is 15.4. The van der Waals surface area contributed by atoms with Gasteiger partial charge in [0.05, 0.1) is 12.0 Å². The molecule has 9 heteroatoms. The lowest BCUT2D eigenvalue weighted by Crippen LogP contribution is -2.30. The largest absolute Gasteiger partial charge is 0.461 e. The van der Waals surface area contributed by atoms with Crippen molar-refractivity contribution < 1.29 is 14.0 Å². The Morgan fingerprint density at radius 1 is 1.16 bits per heavy atom. The Hall–Kier alpha value is -3.07. The first kappa shape index (κ1) is 23.6. The standard InChI is InChI=1S/C23H29N5O3S/c1-5-27(6-2)22(30)17-9-7-10-18(13-17)24-20(29)15-32-23-26-25-21(19-11-8-12-31-19)28(23)14-16(3)4/h7-13,16H,5-6,14-15H2,1-4H3,(H,24,29). The van der Waals surface area contributed by atoms with Crippen LogP contribution in [0, 0.1) is 5.92 Å². The first-order valence-electron chi connectivity index (χ1n) is 10.7. The van der Waals surface area contributed by atoms with E-state index >= 15 is 0 Å². The van der Waals surface area contributed by atoms with Crippen molar-refractivity contribution in [3.05, 3.63) is 48.2 Å². The summed E-state index contributed by atoms with van der Waals surface area (Å²) in [4.78, 5) is 26.9. The van der Waals surface area contributed by atoms with Crippen LogP contribution in [0.2, 0.25) is 0 Å². The smallest absolute Gasteiger partial charge is 0.253 e. The molecule has 0 unspecified atom stereocenters. The number of aromatic nitrogens is 3. The minimum atomic E-state index is -0.180. The zero-order valence-corrected chi connectivity index (χ0v) is 19.7. The topological polar surface area (TPSA) is 93.3 Å². The van der Waals surface area contributed by atoms with E-state index in [-0.39, 0.29) is 17.6 Å². The molecule has 0 saturated heterocycles. The van der Waals surface area contributed by atoms with Crippen LogP contribution in [0.4, 0.5) is 5.69 Å². The fourth-order valence-electron chi connectivity index (χ4n) is 3.26. The van der Waals surface area contributed by atoms with Crippen molar-refractivity contribution in [1.29, 1.82) is 0 Å². The van der Waals surface area contributed by atoms with Gasteiger partial charge < -0.3 is 14.6 Å². The molecule has 2 heterocycles. The van der Waals surface area contributed by atoms with Crippen LogP contribution in [0.15, 0.2) is 52.2 Å². The van der Waals surface area contributed by atoms with E-state index in [1.807, 2.05) is 30.5 Å². The molecule has 2 amide bonds. The van der Waals surface area contributed by atoms with Gasteiger partial charge in [-0.1, -0.05) is 31.7 Å². The summed E-state index contributed by atoms with van der Waals surface area (Å²) in [6.45, 7) is 10.1. The predicted octanol–water partition coefficient (Wildman–Crippen LogP) is 4.41. The van der Waals surface area contributed by atoms with Gasteiger partial charge in [0.2, 0.25) is 5.91 Å². The summed E-state index contributed by atoms with van der Waals surface area (Å²) >= 11 is 1.32. The van der Waals surface area contributed by atoms with Crippen LogP contribution in [0.1, 0.15) is 38.1 Å². The number of carbonyl (C=O) groups is 2. The van der Waals surface area contributed by atoms with Crippen molar-refractivity contribution in [2.75, 3.05) is 24.2 Å². The summed E-state index contributed by atoms with van der Waals surface area (Å²) in [6.07, 6.45) is 1.60. The number of amides is 2. The van der Waals surface area contributed by atoms with E-state index in [9.17, 15) is 9.59 Å². The maximum absolute atomic E-state index is 12.6. The van der Waals surface area contributed by atoms with Crippen molar-refractivity contribution in [2.24, 2.45) is 5.92 Å². The number of nitrogens with one attached hydrogen (secondary N) is 1. The summed E-state index contributed by atoms with van der Waals surface area (Å²) < 4.78 is 7.46. The maximum Gasteiger partial charge on any atom is 0.253 e. The Balaban J connectivity index is 1.67. The monoisotopic (exact) mass is 455 g/mol. The highest BCUT2D eigenvalue weighted by molar-refractivity contribution is 7.99. The van der Waals surface area contributed by atoms with Gasteiger partial charge in [0, 0.05) is 30.9 Å². The molecule has 3 aromatic rings. The lowest BCUT2D eigenvalue weighted by Gasteiger charge is -2.19. The van der Waals surface area contributed by atoms with Gasteiger partial charge in [0.1, 0.15) is 0 Å². The van der Waals surface area contributed by atoms with Gasteiger partial charge in [-0.05, 0) is 50.1 Å². The lowest BCUT2D eigenvalue weighted by molar-refractivity contribution is -0.113.